The molecule has 2 heterocycles. The van der Waals surface area contributed by atoms with Gasteiger partial charge in [-0.05, 0) is 20.3 Å². The molecule has 100 valence electrons. The number of rotatable bonds is 3. The van der Waals surface area contributed by atoms with Gasteiger partial charge in [-0.1, -0.05) is 0 Å². The van der Waals surface area contributed by atoms with Crippen LogP contribution in [0.4, 0.5) is 0 Å². The Morgan fingerprint density at radius 1 is 1.50 bits per heavy atom. The molecular weight excluding hydrogens is 258 g/mol. The minimum Gasteiger partial charge on any atom is -0.481 e. The molecule has 1 aliphatic heterocycles. The molecule has 0 unspecified atom stereocenters. The van der Waals surface area contributed by atoms with Crippen LogP contribution in [0.2, 0.25) is 0 Å². The molecular formula is C10H15N3O4S. The lowest BCUT2D eigenvalue weighted by Gasteiger charge is -2.15. The van der Waals surface area contributed by atoms with Crippen molar-refractivity contribution in [3.05, 3.63) is 11.4 Å². The van der Waals surface area contributed by atoms with Crippen LogP contribution >= 0.6 is 0 Å². The van der Waals surface area contributed by atoms with Crippen molar-refractivity contribution >= 4 is 16.0 Å². The summed E-state index contributed by atoms with van der Waals surface area (Å²) < 4.78 is 26.0. The Morgan fingerprint density at radius 2 is 2.17 bits per heavy atom. The number of carboxylic acids is 1. The number of nitrogens with one attached hydrogen (secondary N) is 1. The molecule has 0 aliphatic carbocycles. The molecule has 1 aromatic rings. The van der Waals surface area contributed by atoms with Crippen molar-refractivity contribution in [1.82, 2.24) is 14.5 Å². The van der Waals surface area contributed by atoms with Crippen LogP contribution in [-0.4, -0.2) is 47.1 Å². The fraction of sp³-hybridized carbons (Fsp3) is 0.600. The Hall–Kier alpha value is -1.41. The van der Waals surface area contributed by atoms with Crippen molar-refractivity contribution in [2.75, 3.05) is 13.1 Å². The Bertz CT molecular complexity index is 558. The predicted molar refractivity (Wildman–Crippen MR) is 62.6 cm³/mol. The predicted octanol–water partition coefficient (Wildman–Crippen LogP) is 0.122. The summed E-state index contributed by atoms with van der Waals surface area (Å²) in [6.45, 7) is 3.52. The molecule has 18 heavy (non-hydrogen) atoms. The number of hydrogen-bond donors (Lipinski definition) is 2. The highest BCUT2D eigenvalue weighted by Crippen LogP contribution is 2.27. The van der Waals surface area contributed by atoms with Gasteiger partial charge in [0.25, 0.3) is 0 Å². The molecule has 0 amide bonds. The first kappa shape index (κ1) is 13.0. The Kier molecular flexibility index (Phi) is 3.16. The standard InChI is InChI=1S/C10H15N3O4S/c1-6-9(7(2)12-11-6)18(16,17)13-4-3-8(5-13)10(14)15/h8H,3-5H2,1-2H3,(H,11,12)(H,14,15)/t8-/m0/s1. The molecule has 1 saturated heterocycles. The summed E-state index contributed by atoms with van der Waals surface area (Å²) >= 11 is 0. The smallest absolute Gasteiger partial charge is 0.307 e. The monoisotopic (exact) mass is 273 g/mol. The Balaban J connectivity index is 2.32. The first-order valence-electron chi connectivity index (χ1n) is 5.58. The van der Waals surface area contributed by atoms with E-state index >= 15 is 0 Å². The van der Waals surface area contributed by atoms with Gasteiger partial charge in [0, 0.05) is 13.1 Å². The number of hydrogen-bond acceptors (Lipinski definition) is 4. The van der Waals surface area contributed by atoms with E-state index in [-0.39, 0.29) is 18.0 Å². The van der Waals surface area contributed by atoms with Gasteiger partial charge in [0.1, 0.15) is 4.90 Å². The van der Waals surface area contributed by atoms with Gasteiger partial charge in [-0.3, -0.25) is 9.89 Å². The molecule has 7 nitrogen and oxygen atoms in total. The molecule has 0 radical (unpaired) electrons. The van der Waals surface area contributed by atoms with Gasteiger partial charge in [0.2, 0.25) is 10.0 Å². The fourth-order valence-electron chi connectivity index (χ4n) is 2.20. The highest BCUT2D eigenvalue weighted by atomic mass is 32.2. The van der Waals surface area contributed by atoms with Gasteiger partial charge in [0.05, 0.1) is 17.3 Å². The SMILES string of the molecule is Cc1n[nH]c(C)c1S(=O)(=O)N1CC[C@H](C(=O)O)C1. The highest BCUT2D eigenvalue weighted by Gasteiger charge is 2.37. The number of H-pyrrole nitrogens is 1. The minimum atomic E-state index is -3.65. The van der Waals surface area contributed by atoms with E-state index in [0.29, 0.717) is 17.8 Å². The zero-order valence-corrected chi connectivity index (χ0v) is 11.0. The normalized spacial score (nSPS) is 21.3. The van der Waals surface area contributed by atoms with Crippen LogP contribution in [0, 0.1) is 19.8 Å². The van der Waals surface area contributed by atoms with Gasteiger partial charge in [-0.25, -0.2) is 8.42 Å². The quantitative estimate of drug-likeness (QED) is 0.814. The minimum absolute atomic E-state index is 0.0295. The second kappa shape index (κ2) is 4.36. The number of carboxylic acid groups (broad SMARTS) is 1. The third kappa shape index (κ3) is 2.01. The van der Waals surface area contributed by atoms with Crippen LogP contribution in [0.5, 0.6) is 0 Å². The lowest BCUT2D eigenvalue weighted by atomic mass is 10.1. The third-order valence-electron chi connectivity index (χ3n) is 3.16. The first-order chi connectivity index (χ1) is 8.34. The zero-order chi connectivity index (χ0) is 13.5. The second-order valence-corrected chi connectivity index (χ2v) is 6.32. The number of aromatic nitrogens is 2. The summed E-state index contributed by atoms with van der Waals surface area (Å²) in [5.41, 5.74) is 0.887. The van der Waals surface area contributed by atoms with Crippen molar-refractivity contribution in [2.24, 2.45) is 5.92 Å². The van der Waals surface area contributed by atoms with E-state index < -0.39 is 21.9 Å². The van der Waals surface area contributed by atoms with Gasteiger partial charge < -0.3 is 5.11 Å². The summed E-state index contributed by atoms with van der Waals surface area (Å²) in [6.07, 6.45) is 0.352. The fourth-order valence-corrected chi connectivity index (χ4v) is 4.03. The molecule has 2 rings (SSSR count). The lowest BCUT2D eigenvalue weighted by molar-refractivity contribution is -0.141. The average Bonchev–Trinajstić information content (AvgIpc) is 2.85. The number of nitrogens with zero attached hydrogens (tertiary/aromatic N) is 2. The molecule has 8 heteroatoms. The van der Waals surface area contributed by atoms with Crippen LogP contribution in [0.15, 0.2) is 4.90 Å². The average molecular weight is 273 g/mol. The molecule has 1 atom stereocenters. The molecule has 1 aromatic heterocycles. The van der Waals surface area contributed by atoms with Crippen LogP contribution < -0.4 is 0 Å². The Labute approximate surface area is 105 Å². The molecule has 0 spiro atoms. The topological polar surface area (TPSA) is 103 Å². The van der Waals surface area contributed by atoms with E-state index in [4.69, 9.17) is 5.11 Å². The highest BCUT2D eigenvalue weighted by molar-refractivity contribution is 7.89. The number of aliphatic carboxylic acids is 1. The van der Waals surface area contributed by atoms with Gasteiger partial charge in [-0.15, -0.1) is 0 Å². The maximum absolute atomic E-state index is 12.4. The van der Waals surface area contributed by atoms with Gasteiger partial charge in [0.15, 0.2) is 0 Å². The van der Waals surface area contributed by atoms with E-state index in [1.807, 2.05) is 0 Å². The van der Waals surface area contributed by atoms with E-state index in [1.54, 1.807) is 13.8 Å². The van der Waals surface area contributed by atoms with Crippen molar-refractivity contribution in [1.29, 1.82) is 0 Å². The van der Waals surface area contributed by atoms with Gasteiger partial charge in [-0.2, -0.15) is 9.40 Å². The Morgan fingerprint density at radius 3 is 2.61 bits per heavy atom. The molecule has 2 N–H and O–H groups in total. The summed E-state index contributed by atoms with van der Waals surface area (Å²) in [5.74, 6) is -1.57. The number of carbonyl (C=O) groups is 1. The number of sulfonamides is 1. The summed E-state index contributed by atoms with van der Waals surface area (Å²) in [4.78, 5) is 11.0. The third-order valence-corrected chi connectivity index (χ3v) is 5.29. The molecule has 1 fully saturated rings. The summed E-state index contributed by atoms with van der Waals surface area (Å²) in [7, 11) is -3.65. The van der Waals surface area contributed by atoms with E-state index in [0.717, 1.165) is 0 Å². The van der Waals surface area contributed by atoms with E-state index in [1.165, 1.54) is 4.31 Å². The largest absolute Gasteiger partial charge is 0.481 e. The molecule has 0 aromatic carbocycles. The van der Waals surface area contributed by atoms with Crippen LogP contribution in [0.25, 0.3) is 0 Å². The van der Waals surface area contributed by atoms with Crippen molar-refractivity contribution < 1.29 is 18.3 Å². The summed E-state index contributed by atoms with van der Waals surface area (Å²) in [6, 6.07) is 0. The van der Waals surface area contributed by atoms with Crippen molar-refractivity contribution in [3.8, 4) is 0 Å². The van der Waals surface area contributed by atoms with Crippen LogP contribution in [-0.2, 0) is 14.8 Å². The van der Waals surface area contributed by atoms with Crippen molar-refractivity contribution in [3.63, 3.8) is 0 Å². The molecule has 0 bridgehead atoms. The van der Waals surface area contributed by atoms with E-state index in [9.17, 15) is 13.2 Å². The van der Waals surface area contributed by atoms with Gasteiger partial charge >= 0.3 is 5.97 Å². The maximum Gasteiger partial charge on any atom is 0.307 e. The number of aryl methyl sites for hydroxylation is 2. The first-order valence-corrected chi connectivity index (χ1v) is 7.02. The molecule has 0 saturated carbocycles. The van der Waals surface area contributed by atoms with Crippen LogP contribution in [0.1, 0.15) is 17.8 Å². The number of aromatic amines is 1. The van der Waals surface area contributed by atoms with Crippen LogP contribution in [0.3, 0.4) is 0 Å². The second-order valence-electron chi connectivity index (χ2n) is 4.45. The van der Waals surface area contributed by atoms with E-state index in [2.05, 4.69) is 10.2 Å². The lowest BCUT2D eigenvalue weighted by Crippen LogP contribution is -2.30. The summed E-state index contributed by atoms with van der Waals surface area (Å²) in [5, 5.41) is 15.4. The maximum atomic E-state index is 12.4. The zero-order valence-electron chi connectivity index (χ0n) is 10.2. The van der Waals surface area contributed by atoms with Crippen molar-refractivity contribution in [2.45, 2.75) is 25.2 Å². The molecule has 1 aliphatic rings.